The van der Waals surface area contributed by atoms with Crippen LogP contribution in [0.4, 0.5) is 5.69 Å². The van der Waals surface area contributed by atoms with Crippen LogP contribution in [0.3, 0.4) is 0 Å². The van der Waals surface area contributed by atoms with Gasteiger partial charge in [-0.25, -0.2) is 9.97 Å². The summed E-state index contributed by atoms with van der Waals surface area (Å²) in [4.78, 5) is 26.6. The van der Waals surface area contributed by atoms with Gasteiger partial charge in [0.2, 0.25) is 0 Å². The Morgan fingerprint density at radius 3 is 2.55 bits per heavy atom. The molecule has 0 aliphatic carbocycles. The molecule has 0 unspecified atom stereocenters. The molecule has 0 amide bonds. The third-order valence-corrected chi connectivity index (χ3v) is 7.32. The van der Waals surface area contributed by atoms with E-state index in [0.717, 1.165) is 71.6 Å². The number of carbonyl (C=O) groups excluding carboxylic acids is 1. The van der Waals surface area contributed by atoms with Crippen LogP contribution in [0.1, 0.15) is 57.3 Å². The Morgan fingerprint density at radius 2 is 1.88 bits per heavy atom. The Kier molecular flexibility index (Phi) is 5.49. The lowest BCUT2D eigenvalue weighted by atomic mass is 9.88. The van der Waals surface area contributed by atoms with Crippen LogP contribution in [0.5, 0.6) is 0 Å². The minimum Gasteiger partial charge on any atom is -0.371 e. The van der Waals surface area contributed by atoms with Crippen molar-refractivity contribution >= 4 is 29.1 Å². The lowest BCUT2D eigenvalue weighted by Crippen LogP contribution is -2.34. The van der Waals surface area contributed by atoms with Crippen LogP contribution < -0.4 is 4.90 Å². The van der Waals surface area contributed by atoms with E-state index in [2.05, 4.69) is 40.8 Å². The van der Waals surface area contributed by atoms with Crippen LogP contribution in [0.2, 0.25) is 5.15 Å². The smallest absolute Gasteiger partial charge is 0.154 e. The molecular weight excluding hydrogens is 434 g/mol. The number of aromatic nitrogens is 4. The van der Waals surface area contributed by atoms with Gasteiger partial charge in [0.15, 0.2) is 5.15 Å². The van der Waals surface area contributed by atoms with E-state index in [1.165, 1.54) is 16.8 Å². The molecule has 1 saturated heterocycles. The Hall–Kier alpha value is -3.12. The van der Waals surface area contributed by atoms with Crippen molar-refractivity contribution in [2.24, 2.45) is 0 Å². The highest BCUT2D eigenvalue weighted by Crippen LogP contribution is 2.39. The van der Waals surface area contributed by atoms with Crippen molar-refractivity contribution in [3.05, 3.63) is 69.6 Å². The number of imidazole rings is 2. The molecule has 1 aliphatic rings. The quantitative estimate of drug-likeness (QED) is 0.389. The number of carbonyl (C=O) groups is 1. The summed E-state index contributed by atoms with van der Waals surface area (Å²) in [5, 5.41) is 0.544. The number of hydrogen-bond donors (Lipinski definition) is 1. The van der Waals surface area contributed by atoms with E-state index in [-0.39, 0.29) is 0 Å². The van der Waals surface area contributed by atoms with Crippen LogP contribution in [0.15, 0.2) is 30.7 Å². The van der Waals surface area contributed by atoms with E-state index < -0.39 is 0 Å². The van der Waals surface area contributed by atoms with Crippen LogP contribution in [-0.4, -0.2) is 38.7 Å². The summed E-state index contributed by atoms with van der Waals surface area (Å²) in [6.07, 6.45) is 6.84. The molecule has 170 valence electrons. The SMILES string of the molecule is Cc1nc(-c2cc(C=O)c(C)c(N3CCC(c4ccn5cnc(Cl)c5c4)CC3)c2C)c(C)[nH]1. The summed E-state index contributed by atoms with van der Waals surface area (Å²) in [7, 11) is 0. The van der Waals surface area contributed by atoms with Crippen LogP contribution in [0, 0.1) is 27.7 Å². The zero-order chi connectivity index (χ0) is 23.3. The highest BCUT2D eigenvalue weighted by atomic mass is 35.5. The van der Waals surface area contributed by atoms with Crippen LogP contribution in [-0.2, 0) is 0 Å². The van der Waals surface area contributed by atoms with Gasteiger partial charge < -0.3 is 14.3 Å². The number of rotatable bonds is 4. The molecule has 6 nitrogen and oxygen atoms in total. The zero-order valence-corrected chi connectivity index (χ0v) is 20.2. The van der Waals surface area contributed by atoms with E-state index in [9.17, 15) is 4.79 Å². The minimum absolute atomic E-state index is 0.475. The van der Waals surface area contributed by atoms with E-state index in [1.54, 1.807) is 6.33 Å². The van der Waals surface area contributed by atoms with Gasteiger partial charge in [-0.05, 0) is 81.3 Å². The number of pyridine rings is 1. The first-order valence-electron chi connectivity index (χ1n) is 11.4. The lowest BCUT2D eigenvalue weighted by molar-refractivity contribution is 0.112. The number of hydrogen-bond acceptors (Lipinski definition) is 4. The van der Waals surface area contributed by atoms with Crippen molar-refractivity contribution in [2.75, 3.05) is 18.0 Å². The number of nitrogens with one attached hydrogen (secondary N) is 1. The van der Waals surface area contributed by atoms with Crippen molar-refractivity contribution in [3.63, 3.8) is 0 Å². The first-order valence-corrected chi connectivity index (χ1v) is 11.7. The van der Waals surface area contributed by atoms with Gasteiger partial charge in [0.25, 0.3) is 0 Å². The normalized spacial score (nSPS) is 14.9. The standard InChI is InChI=1S/C26H28ClN5O/c1-15-21(13-33)11-22(24-17(3)29-18(4)30-24)16(2)25(15)31-8-5-19(6-9-31)20-7-10-32-14-28-26(27)23(32)12-20/h7,10-14,19H,5-6,8-9H2,1-4H3,(H,29,30). The molecule has 0 radical (unpaired) electrons. The number of aryl methyl sites for hydroxylation is 2. The van der Waals surface area contributed by atoms with Gasteiger partial charge in [0.1, 0.15) is 18.4 Å². The van der Waals surface area contributed by atoms with Crippen molar-refractivity contribution in [1.82, 2.24) is 19.4 Å². The molecule has 7 heteroatoms. The average Bonchev–Trinajstić information content (AvgIpc) is 3.35. The Bertz CT molecular complexity index is 1360. The van der Waals surface area contributed by atoms with Gasteiger partial charge in [-0.15, -0.1) is 0 Å². The number of piperidine rings is 1. The number of nitrogens with zero attached hydrogens (tertiary/aromatic N) is 4. The molecule has 33 heavy (non-hydrogen) atoms. The van der Waals surface area contributed by atoms with Crippen molar-refractivity contribution < 1.29 is 4.79 Å². The van der Waals surface area contributed by atoms with E-state index in [4.69, 9.17) is 16.6 Å². The summed E-state index contributed by atoms with van der Waals surface area (Å²) >= 11 is 6.25. The molecule has 0 saturated carbocycles. The molecule has 5 rings (SSSR count). The summed E-state index contributed by atoms with van der Waals surface area (Å²) in [6, 6.07) is 6.33. The Labute approximate surface area is 198 Å². The third kappa shape index (κ3) is 3.72. The number of H-pyrrole nitrogens is 1. The van der Waals surface area contributed by atoms with Gasteiger partial charge in [-0.1, -0.05) is 11.6 Å². The number of fused-ring (bicyclic) bond motifs is 1. The highest BCUT2D eigenvalue weighted by molar-refractivity contribution is 6.32. The predicted octanol–water partition coefficient (Wildman–Crippen LogP) is 5.81. The molecule has 3 aromatic heterocycles. The molecule has 0 bridgehead atoms. The van der Waals surface area contributed by atoms with Crippen molar-refractivity contribution in [1.29, 1.82) is 0 Å². The first-order chi connectivity index (χ1) is 15.9. The second-order valence-electron chi connectivity index (χ2n) is 9.07. The fourth-order valence-corrected chi connectivity index (χ4v) is 5.49. The summed E-state index contributed by atoms with van der Waals surface area (Å²) < 4.78 is 1.96. The maximum Gasteiger partial charge on any atom is 0.154 e. The lowest BCUT2D eigenvalue weighted by Gasteiger charge is -2.36. The number of aromatic amines is 1. The zero-order valence-electron chi connectivity index (χ0n) is 19.4. The Balaban J connectivity index is 1.46. The second kappa shape index (κ2) is 8.34. The van der Waals surface area contributed by atoms with E-state index in [1.807, 2.05) is 30.5 Å². The monoisotopic (exact) mass is 461 g/mol. The Morgan fingerprint density at radius 1 is 1.12 bits per heavy atom. The van der Waals surface area contributed by atoms with E-state index >= 15 is 0 Å². The van der Waals surface area contributed by atoms with Gasteiger partial charge in [0.05, 0.1) is 11.2 Å². The number of anilines is 1. The molecule has 0 atom stereocenters. The molecule has 1 fully saturated rings. The fraction of sp³-hybridized carbons (Fsp3) is 0.346. The van der Waals surface area contributed by atoms with Gasteiger partial charge in [-0.2, -0.15) is 0 Å². The fourth-order valence-electron chi connectivity index (χ4n) is 5.30. The molecule has 4 aromatic rings. The maximum atomic E-state index is 11.9. The molecular formula is C26H28ClN5O. The minimum atomic E-state index is 0.475. The van der Waals surface area contributed by atoms with Gasteiger partial charge >= 0.3 is 0 Å². The summed E-state index contributed by atoms with van der Waals surface area (Å²) in [5.74, 6) is 1.36. The predicted molar refractivity (Wildman–Crippen MR) is 133 cm³/mol. The average molecular weight is 462 g/mol. The van der Waals surface area contributed by atoms with E-state index in [0.29, 0.717) is 11.1 Å². The van der Waals surface area contributed by atoms with Gasteiger partial charge in [0, 0.05) is 41.8 Å². The maximum absolute atomic E-state index is 11.9. The molecule has 1 aromatic carbocycles. The van der Waals surface area contributed by atoms with Crippen LogP contribution >= 0.6 is 11.6 Å². The first kappa shape index (κ1) is 21.7. The number of benzene rings is 1. The molecule has 1 aliphatic heterocycles. The van der Waals surface area contributed by atoms with Crippen molar-refractivity contribution in [2.45, 2.75) is 46.5 Å². The highest BCUT2D eigenvalue weighted by Gasteiger charge is 2.26. The molecule has 1 N–H and O–H groups in total. The summed E-state index contributed by atoms with van der Waals surface area (Å²) in [5.41, 5.74) is 9.36. The van der Waals surface area contributed by atoms with Gasteiger partial charge in [-0.3, -0.25) is 4.79 Å². The molecule has 0 spiro atoms. The summed E-state index contributed by atoms with van der Waals surface area (Å²) in [6.45, 7) is 10.1. The topological polar surface area (TPSA) is 66.3 Å². The third-order valence-electron chi connectivity index (χ3n) is 7.03. The molecule has 4 heterocycles. The number of halogens is 1. The second-order valence-corrected chi connectivity index (χ2v) is 9.43. The van der Waals surface area contributed by atoms with Crippen LogP contribution in [0.25, 0.3) is 16.8 Å². The largest absolute Gasteiger partial charge is 0.371 e. The van der Waals surface area contributed by atoms with Crippen molar-refractivity contribution in [3.8, 4) is 11.3 Å². The number of aldehydes is 1.